The molecule has 0 atom stereocenters. The van der Waals surface area contributed by atoms with Crippen LogP contribution in [0.2, 0.25) is 0 Å². The van der Waals surface area contributed by atoms with Gasteiger partial charge in [0.15, 0.2) is 0 Å². The molecule has 12 heavy (non-hydrogen) atoms. The Morgan fingerprint density at radius 2 is 1.75 bits per heavy atom. The van der Waals surface area contributed by atoms with Gasteiger partial charge >= 0.3 is 0 Å². The second-order valence-corrected chi connectivity index (χ2v) is 3.54. The minimum absolute atomic E-state index is 0.0990. The number of nitrogens with one attached hydrogen (secondary N) is 1. The Morgan fingerprint density at radius 3 is 2.17 bits per heavy atom. The summed E-state index contributed by atoms with van der Waals surface area (Å²) in [6, 6.07) is 0. The minimum Gasteiger partial charge on any atom is -0.350 e. The Kier molecular flexibility index (Phi) is 3.32. The molecule has 2 heteroatoms. The van der Waals surface area contributed by atoms with Gasteiger partial charge in [-0.3, -0.25) is 4.79 Å². The molecule has 0 aliphatic heterocycles. The van der Waals surface area contributed by atoms with Crippen molar-refractivity contribution in [1.29, 1.82) is 0 Å². The molecule has 1 saturated carbocycles. The first-order valence-corrected chi connectivity index (χ1v) is 4.68. The molecule has 1 aliphatic rings. The molecule has 0 saturated heterocycles. The topological polar surface area (TPSA) is 29.1 Å². The van der Waals surface area contributed by atoms with Gasteiger partial charge in [0.2, 0.25) is 6.41 Å². The van der Waals surface area contributed by atoms with Gasteiger partial charge in [-0.2, -0.15) is 0 Å². The molecule has 0 heterocycles. The van der Waals surface area contributed by atoms with Crippen molar-refractivity contribution in [3.05, 3.63) is 12.7 Å². The van der Waals surface area contributed by atoms with E-state index in [9.17, 15) is 4.79 Å². The third-order valence-corrected chi connectivity index (χ3v) is 2.73. The first-order chi connectivity index (χ1) is 5.83. The molecule has 0 spiro atoms. The van der Waals surface area contributed by atoms with E-state index in [0.717, 1.165) is 19.3 Å². The van der Waals surface area contributed by atoms with Gasteiger partial charge in [0.1, 0.15) is 0 Å². The summed E-state index contributed by atoms with van der Waals surface area (Å²) < 4.78 is 0. The first-order valence-electron chi connectivity index (χ1n) is 4.68. The van der Waals surface area contributed by atoms with Crippen LogP contribution in [0.1, 0.15) is 38.5 Å². The zero-order valence-electron chi connectivity index (χ0n) is 7.51. The molecule has 1 N–H and O–H groups in total. The number of hydrogen-bond acceptors (Lipinski definition) is 1. The van der Waals surface area contributed by atoms with E-state index in [2.05, 4.69) is 11.9 Å². The average Bonchev–Trinajstić information content (AvgIpc) is 2.32. The highest BCUT2D eigenvalue weighted by molar-refractivity contribution is 5.49. The van der Waals surface area contributed by atoms with E-state index in [0.29, 0.717) is 0 Å². The predicted molar refractivity (Wildman–Crippen MR) is 49.8 cm³/mol. The zero-order valence-corrected chi connectivity index (χ0v) is 7.51. The van der Waals surface area contributed by atoms with Crippen molar-refractivity contribution in [1.82, 2.24) is 5.32 Å². The third kappa shape index (κ3) is 2.10. The van der Waals surface area contributed by atoms with Gasteiger partial charge < -0.3 is 5.32 Å². The monoisotopic (exact) mass is 167 g/mol. The van der Waals surface area contributed by atoms with E-state index < -0.39 is 0 Å². The molecule has 1 fully saturated rings. The van der Waals surface area contributed by atoms with Crippen molar-refractivity contribution < 1.29 is 4.79 Å². The second-order valence-electron chi connectivity index (χ2n) is 3.54. The molecule has 1 amide bonds. The van der Waals surface area contributed by atoms with E-state index in [4.69, 9.17) is 0 Å². The number of hydrogen-bond donors (Lipinski definition) is 1. The Hall–Kier alpha value is -0.790. The maximum atomic E-state index is 10.4. The molecule has 68 valence electrons. The van der Waals surface area contributed by atoms with Gasteiger partial charge in [-0.05, 0) is 12.8 Å². The molecular weight excluding hydrogens is 150 g/mol. The van der Waals surface area contributed by atoms with Crippen molar-refractivity contribution in [3.8, 4) is 0 Å². The van der Waals surface area contributed by atoms with E-state index in [1.165, 1.54) is 25.7 Å². The molecule has 1 rings (SSSR count). The molecule has 0 aromatic carbocycles. The van der Waals surface area contributed by atoms with Crippen LogP contribution in [0.15, 0.2) is 12.7 Å². The van der Waals surface area contributed by atoms with Crippen molar-refractivity contribution in [3.63, 3.8) is 0 Å². The van der Waals surface area contributed by atoms with Gasteiger partial charge in [0, 0.05) is 0 Å². The van der Waals surface area contributed by atoms with Gasteiger partial charge in [0.25, 0.3) is 0 Å². The lowest BCUT2D eigenvalue weighted by Gasteiger charge is -2.28. The van der Waals surface area contributed by atoms with Crippen LogP contribution in [0.4, 0.5) is 0 Å². The fraction of sp³-hybridized carbons (Fsp3) is 0.700. The van der Waals surface area contributed by atoms with E-state index in [1.54, 1.807) is 0 Å². The summed E-state index contributed by atoms with van der Waals surface area (Å²) in [4.78, 5) is 10.4. The van der Waals surface area contributed by atoms with Crippen LogP contribution in [0, 0.1) is 0 Å². The fourth-order valence-corrected chi connectivity index (χ4v) is 1.88. The second kappa shape index (κ2) is 4.29. The van der Waals surface area contributed by atoms with Crippen LogP contribution < -0.4 is 5.32 Å². The Balaban J connectivity index is 2.60. The standard InChI is InChI=1S/C10H17NO/c1-2-10(11-9-12)7-5-3-4-6-8-10/h2,9H,1,3-8H2,(H,11,12). The number of amides is 1. The summed E-state index contributed by atoms with van der Waals surface area (Å²) >= 11 is 0. The van der Waals surface area contributed by atoms with Crippen LogP contribution in [0.5, 0.6) is 0 Å². The quantitative estimate of drug-likeness (QED) is 0.389. The van der Waals surface area contributed by atoms with Crippen molar-refractivity contribution >= 4 is 6.41 Å². The molecular formula is C10H17NO. The maximum absolute atomic E-state index is 10.4. The van der Waals surface area contributed by atoms with E-state index in [1.807, 2.05) is 6.08 Å². The predicted octanol–water partition coefficient (Wildman–Crippen LogP) is 2.01. The molecule has 0 aromatic rings. The molecule has 0 unspecified atom stereocenters. The summed E-state index contributed by atoms with van der Waals surface area (Å²) in [7, 11) is 0. The molecule has 1 aliphatic carbocycles. The van der Waals surface area contributed by atoms with Gasteiger partial charge in [-0.25, -0.2) is 0 Å². The number of rotatable bonds is 3. The number of carbonyl (C=O) groups is 1. The van der Waals surface area contributed by atoms with Crippen molar-refractivity contribution in [2.45, 2.75) is 44.1 Å². The summed E-state index contributed by atoms with van der Waals surface area (Å²) in [5.41, 5.74) is -0.0990. The molecule has 0 radical (unpaired) electrons. The van der Waals surface area contributed by atoms with Crippen LogP contribution >= 0.6 is 0 Å². The lowest BCUT2D eigenvalue weighted by atomic mass is 9.91. The Morgan fingerprint density at radius 1 is 1.17 bits per heavy atom. The highest BCUT2D eigenvalue weighted by atomic mass is 16.1. The Bertz CT molecular complexity index is 157. The highest BCUT2D eigenvalue weighted by Gasteiger charge is 2.26. The summed E-state index contributed by atoms with van der Waals surface area (Å²) in [5, 5.41) is 2.89. The van der Waals surface area contributed by atoms with Crippen molar-refractivity contribution in [2.75, 3.05) is 0 Å². The first kappa shape index (κ1) is 9.30. The lowest BCUT2D eigenvalue weighted by molar-refractivity contribution is -0.110. The van der Waals surface area contributed by atoms with Crippen LogP contribution in [0.3, 0.4) is 0 Å². The average molecular weight is 167 g/mol. The highest BCUT2D eigenvalue weighted by Crippen LogP contribution is 2.27. The normalized spacial score (nSPS) is 22.3. The van der Waals surface area contributed by atoms with E-state index in [-0.39, 0.29) is 5.54 Å². The SMILES string of the molecule is C=CC1(NC=O)CCCCCC1. The fourth-order valence-electron chi connectivity index (χ4n) is 1.88. The third-order valence-electron chi connectivity index (χ3n) is 2.73. The summed E-state index contributed by atoms with van der Waals surface area (Å²) in [5.74, 6) is 0. The van der Waals surface area contributed by atoms with Crippen LogP contribution in [0.25, 0.3) is 0 Å². The molecule has 0 aromatic heterocycles. The zero-order chi connectivity index (χ0) is 8.86. The smallest absolute Gasteiger partial charge is 0.207 e. The van der Waals surface area contributed by atoms with Crippen molar-refractivity contribution in [2.24, 2.45) is 0 Å². The maximum Gasteiger partial charge on any atom is 0.207 e. The molecule has 0 bridgehead atoms. The van der Waals surface area contributed by atoms with Crippen LogP contribution in [-0.4, -0.2) is 11.9 Å². The van der Waals surface area contributed by atoms with Gasteiger partial charge in [-0.15, -0.1) is 6.58 Å². The lowest BCUT2D eigenvalue weighted by Crippen LogP contribution is -2.41. The summed E-state index contributed by atoms with van der Waals surface area (Å²) in [6.45, 7) is 3.80. The molecule has 2 nitrogen and oxygen atoms in total. The minimum atomic E-state index is -0.0990. The number of carbonyl (C=O) groups excluding carboxylic acids is 1. The van der Waals surface area contributed by atoms with Gasteiger partial charge in [-0.1, -0.05) is 31.8 Å². The van der Waals surface area contributed by atoms with Crippen LogP contribution in [-0.2, 0) is 4.79 Å². The van der Waals surface area contributed by atoms with E-state index >= 15 is 0 Å². The largest absolute Gasteiger partial charge is 0.350 e. The summed E-state index contributed by atoms with van der Waals surface area (Å²) in [6.07, 6.45) is 9.77. The van der Waals surface area contributed by atoms with Gasteiger partial charge in [0.05, 0.1) is 5.54 Å². The Labute approximate surface area is 74.0 Å².